The lowest BCUT2D eigenvalue weighted by atomic mass is 10.1. The molecule has 8 heteroatoms. The number of nitrogens with one attached hydrogen (secondary N) is 1. The molecule has 1 amide bonds. The number of halogens is 3. The van der Waals surface area contributed by atoms with Crippen LogP contribution in [0.3, 0.4) is 0 Å². The summed E-state index contributed by atoms with van der Waals surface area (Å²) >= 11 is 0. The first-order valence-electron chi connectivity index (χ1n) is 9.93. The van der Waals surface area contributed by atoms with E-state index in [1.807, 2.05) is 18.7 Å². The number of benzene rings is 2. The molecule has 0 saturated heterocycles. The summed E-state index contributed by atoms with van der Waals surface area (Å²) in [5.41, 5.74) is 1.25. The standard InChI is InChI=1S/C23H24F3N3O2/c1-15(2)10-27-23(30)21-14-31-22(28-21)13-29(11-16-3-6-18(24)7-4-16)12-17-5-8-19(25)9-20(17)26/h3-9,14-15H,10-13H2,1-2H3,(H,27,30). The van der Waals surface area contributed by atoms with Crippen molar-refractivity contribution >= 4 is 5.91 Å². The zero-order valence-corrected chi connectivity index (χ0v) is 17.4. The molecule has 0 aliphatic carbocycles. The van der Waals surface area contributed by atoms with Crippen molar-refractivity contribution in [3.8, 4) is 0 Å². The fourth-order valence-corrected chi connectivity index (χ4v) is 2.97. The van der Waals surface area contributed by atoms with E-state index in [1.165, 1.54) is 30.5 Å². The number of carbonyl (C=O) groups excluding carboxylic acids is 1. The van der Waals surface area contributed by atoms with Crippen LogP contribution in [-0.4, -0.2) is 22.3 Å². The van der Waals surface area contributed by atoms with Gasteiger partial charge in [0.25, 0.3) is 5.91 Å². The maximum Gasteiger partial charge on any atom is 0.273 e. The molecule has 0 radical (unpaired) electrons. The molecule has 164 valence electrons. The molecule has 31 heavy (non-hydrogen) atoms. The number of carbonyl (C=O) groups is 1. The smallest absolute Gasteiger partial charge is 0.273 e. The van der Waals surface area contributed by atoms with E-state index in [-0.39, 0.29) is 36.4 Å². The normalized spacial score (nSPS) is 11.3. The minimum absolute atomic E-state index is 0.140. The molecular formula is C23H24F3N3O2. The summed E-state index contributed by atoms with van der Waals surface area (Å²) in [6.07, 6.45) is 1.28. The minimum atomic E-state index is -0.662. The third kappa shape index (κ3) is 6.68. The van der Waals surface area contributed by atoms with Gasteiger partial charge in [-0.3, -0.25) is 9.69 Å². The quantitative estimate of drug-likeness (QED) is 0.535. The van der Waals surface area contributed by atoms with Gasteiger partial charge in [-0.1, -0.05) is 32.0 Å². The van der Waals surface area contributed by atoms with Crippen LogP contribution < -0.4 is 5.32 Å². The van der Waals surface area contributed by atoms with Crippen molar-refractivity contribution in [2.75, 3.05) is 6.54 Å². The maximum atomic E-state index is 14.2. The van der Waals surface area contributed by atoms with Gasteiger partial charge >= 0.3 is 0 Å². The van der Waals surface area contributed by atoms with E-state index in [2.05, 4.69) is 10.3 Å². The van der Waals surface area contributed by atoms with Crippen LogP contribution in [0.25, 0.3) is 0 Å². The fraction of sp³-hybridized carbons (Fsp3) is 0.304. The lowest BCUT2D eigenvalue weighted by molar-refractivity contribution is 0.0944. The van der Waals surface area contributed by atoms with Crippen molar-refractivity contribution in [1.29, 1.82) is 0 Å². The molecule has 0 aliphatic heterocycles. The van der Waals surface area contributed by atoms with Gasteiger partial charge in [0.05, 0.1) is 6.54 Å². The van der Waals surface area contributed by atoms with Gasteiger partial charge < -0.3 is 9.73 Å². The monoisotopic (exact) mass is 431 g/mol. The van der Waals surface area contributed by atoms with Crippen LogP contribution in [0.5, 0.6) is 0 Å². The van der Waals surface area contributed by atoms with E-state index in [0.717, 1.165) is 11.6 Å². The Morgan fingerprint density at radius 2 is 1.74 bits per heavy atom. The number of amides is 1. The summed E-state index contributed by atoms with van der Waals surface area (Å²) < 4.78 is 46.1. The Hall–Kier alpha value is -3.13. The summed E-state index contributed by atoms with van der Waals surface area (Å²) in [5.74, 6) is -1.43. The molecule has 3 aromatic rings. The Morgan fingerprint density at radius 3 is 2.42 bits per heavy atom. The van der Waals surface area contributed by atoms with Crippen LogP contribution in [0.15, 0.2) is 53.1 Å². The highest BCUT2D eigenvalue weighted by Crippen LogP contribution is 2.17. The topological polar surface area (TPSA) is 58.4 Å². The zero-order chi connectivity index (χ0) is 22.4. The molecule has 0 spiro atoms. The molecule has 1 heterocycles. The Bertz CT molecular complexity index is 1020. The van der Waals surface area contributed by atoms with Crippen molar-refractivity contribution in [2.24, 2.45) is 5.92 Å². The molecule has 5 nitrogen and oxygen atoms in total. The van der Waals surface area contributed by atoms with Crippen LogP contribution in [0.4, 0.5) is 13.2 Å². The Balaban J connectivity index is 1.76. The number of nitrogens with zero attached hydrogens (tertiary/aromatic N) is 2. The number of hydrogen-bond donors (Lipinski definition) is 1. The molecular weight excluding hydrogens is 407 g/mol. The first-order chi connectivity index (χ1) is 14.8. The molecule has 0 bridgehead atoms. The SMILES string of the molecule is CC(C)CNC(=O)c1coc(CN(Cc2ccc(F)cc2)Cc2ccc(F)cc2F)n1. The average Bonchev–Trinajstić information content (AvgIpc) is 3.18. The predicted octanol–water partition coefficient (Wildman–Crippen LogP) is 4.68. The summed E-state index contributed by atoms with van der Waals surface area (Å²) in [5, 5.41) is 2.77. The van der Waals surface area contributed by atoms with Crippen LogP contribution >= 0.6 is 0 Å². The Morgan fingerprint density at radius 1 is 1.03 bits per heavy atom. The van der Waals surface area contributed by atoms with Gasteiger partial charge in [0.15, 0.2) is 5.69 Å². The first kappa shape index (κ1) is 22.6. The Kier molecular flexibility index (Phi) is 7.46. The highest BCUT2D eigenvalue weighted by atomic mass is 19.1. The molecule has 2 aromatic carbocycles. The third-order valence-electron chi connectivity index (χ3n) is 4.54. The second-order valence-corrected chi connectivity index (χ2v) is 7.74. The van der Waals surface area contributed by atoms with E-state index in [9.17, 15) is 18.0 Å². The van der Waals surface area contributed by atoms with Gasteiger partial charge in [-0.25, -0.2) is 18.2 Å². The van der Waals surface area contributed by atoms with Crippen LogP contribution in [0, 0.1) is 23.4 Å². The third-order valence-corrected chi connectivity index (χ3v) is 4.54. The largest absolute Gasteiger partial charge is 0.447 e. The fourth-order valence-electron chi connectivity index (χ4n) is 2.97. The molecule has 0 saturated carbocycles. The van der Waals surface area contributed by atoms with Crippen molar-refractivity contribution in [1.82, 2.24) is 15.2 Å². The molecule has 0 unspecified atom stereocenters. The summed E-state index contributed by atoms with van der Waals surface area (Å²) in [7, 11) is 0. The number of hydrogen-bond acceptors (Lipinski definition) is 4. The van der Waals surface area contributed by atoms with Crippen molar-refractivity contribution in [2.45, 2.75) is 33.5 Å². The van der Waals surface area contributed by atoms with E-state index in [4.69, 9.17) is 4.42 Å². The van der Waals surface area contributed by atoms with Gasteiger partial charge in [0.1, 0.15) is 23.7 Å². The van der Waals surface area contributed by atoms with Crippen molar-refractivity contribution in [3.63, 3.8) is 0 Å². The summed E-state index contributed by atoms with van der Waals surface area (Å²) in [4.78, 5) is 18.2. The highest BCUT2D eigenvalue weighted by molar-refractivity contribution is 5.91. The second-order valence-electron chi connectivity index (χ2n) is 7.74. The lowest BCUT2D eigenvalue weighted by Crippen LogP contribution is -2.27. The minimum Gasteiger partial charge on any atom is -0.447 e. The van der Waals surface area contributed by atoms with E-state index in [1.54, 1.807) is 12.1 Å². The first-order valence-corrected chi connectivity index (χ1v) is 9.93. The van der Waals surface area contributed by atoms with E-state index >= 15 is 0 Å². The van der Waals surface area contributed by atoms with Crippen LogP contribution in [0.2, 0.25) is 0 Å². The molecule has 3 rings (SSSR count). The highest BCUT2D eigenvalue weighted by Gasteiger charge is 2.17. The number of aromatic nitrogens is 1. The van der Waals surface area contributed by atoms with Crippen LogP contribution in [-0.2, 0) is 19.6 Å². The van der Waals surface area contributed by atoms with Crippen molar-refractivity contribution < 1.29 is 22.4 Å². The van der Waals surface area contributed by atoms with Gasteiger partial charge in [0.2, 0.25) is 5.89 Å². The molecule has 1 N–H and O–H groups in total. The van der Waals surface area contributed by atoms with Crippen LogP contribution in [0.1, 0.15) is 41.4 Å². The van der Waals surface area contributed by atoms with Gasteiger partial charge in [-0.05, 0) is 29.7 Å². The second kappa shape index (κ2) is 10.3. The maximum absolute atomic E-state index is 14.2. The molecule has 0 atom stereocenters. The van der Waals surface area contributed by atoms with Crippen molar-refractivity contribution in [3.05, 3.63) is 88.9 Å². The number of rotatable bonds is 9. The molecule has 1 aromatic heterocycles. The molecule has 0 aliphatic rings. The zero-order valence-electron chi connectivity index (χ0n) is 17.4. The van der Waals surface area contributed by atoms with Gasteiger partial charge in [-0.15, -0.1) is 0 Å². The van der Waals surface area contributed by atoms with E-state index in [0.29, 0.717) is 24.6 Å². The molecule has 0 fully saturated rings. The van der Waals surface area contributed by atoms with E-state index < -0.39 is 11.6 Å². The lowest BCUT2D eigenvalue weighted by Gasteiger charge is -2.21. The Labute approximate surface area is 178 Å². The predicted molar refractivity (Wildman–Crippen MR) is 109 cm³/mol. The number of oxazole rings is 1. The summed E-state index contributed by atoms with van der Waals surface area (Å²) in [6.45, 7) is 5.13. The van der Waals surface area contributed by atoms with Gasteiger partial charge in [0, 0.05) is 31.3 Å². The van der Waals surface area contributed by atoms with Gasteiger partial charge in [-0.2, -0.15) is 0 Å². The average molecular weight is 431 g/mol. The summed E-state index contributed by atoms with van der Waals surface area (Å²) in [6, 6.07) is 9.34.